The summed E-state index contributed by atoms with van der Waals surface area (Å²) in [5.41, 5.74) is 4.79. The van der Waals surface area contributed by atoms with Crippen LogP contribution in [0.3, 0.4) is 0 Å². The second-order valence-corrected chi connectivity index (χ2v) is 8.33. The molecule has 0 aliphatic carbocycles. The van der Waals surface area contributed by atoms with Gasteiger partial charge in [0.1, 0.15) is 18.1 Å². The minimum Gasteiger partial charge on any atom is -0.507 e. The molecule has 1 amide bonds. The van der Waals surface area contributed by atoms with E-state index in [1.54, 1.807) is 18.2 Å². The zero-order valence-electron chi connectivity index (χ0n) is 17.3. The van der Waals surface area contributed by atoms with Crippen LogP contribution in [0.2, 0.25) is 0 Å². The first-order valence-corrected chi connectivity index (χ1v) is 11.1. The van der Waals surface area contributed by atoms with Crippen molar-refractivity contribution in [2.75, 3.05) is 0 Å². The topological polar surface area (TPSA) is 94.7 Å². The predicted octanol–water partition coefficient (Wildman–Crippen LogP) is 5.36. The molecule has 0 fully saturated rings. The number of ether oxygens (including phenoxy) is 1. The van der Waals surface area contributed by atoms with Crippen molar-refractivity contribution >= 4 is 45.5 Å². The predicted molar refractivity (Wildman–Crippen MR) is 135 cm³/mol. The molecule has 0 saturated carbocycles. The van der Waals surface area contributed by atoms with E-state index in [0.717, 1.165) is 25.5 Å². The molecule has 4 rings (SSSR count). The monoisotopic (exact) mass is 547 g/mol. The van der Waals surface area contributed by atoms with E-state index in [1.165, 1.54) is 6.21 Å². The largest absolute Gasteiger partial charge is 0.507 e. The van der Waals surface area contributed by atoms with Crippen molar-refractivity contribution in [1.29, 1.82) is 5.26 Å². The molecule has 0 radical (unpaired) electrons. The summed E-state index contributed by atoms with van der Waals surface area (Å²) in [5, 5.41) is 25.1. The molecule has 0 spiro atoms. The maximum absolute atomic E-state index is 12.5. The maximum atomic E-state index is 12.5. The van der Waals surface area contributed by atoms with E-state index in [-0.39, 0.29) is 11.3 Å². The fourth-order valence-corrected chi connectivity index (χ4v) is 3.96. The highest BCUT2D eigenvalue weighted by atomic mass is 127. The third kappa shape index (κ3) is 5.30. The zero-order chi connectivity index (χ0) is 23.2. The van der Waals surface area contributed by atoms with Crippen molar-refractivity contribution in [3.05, 3.63) is 105 Å². The second-order valence-electron chi connectivity index (χ2n) is 7.16. The van der Waals surface area contributed by atoms with E-state index < -0.39 is 5.91 Å². The number of aromatic hydroxyl groups is 1. The summed E-state index contributed by atoms with van der Waals surface area (Å²) in [4.78, 5) is 12.5. The highest BCUT2D eigenvalue weighted by Crippen LogP contribution is 2.25. The summed E-state index contributed by atoms with van der Waals surface area (Å²) >= 11 is 2.16. The lowest BCUT2D eigenvalue weighted by Crippen LogP contribution is -2.17. The van der Waals surface area contributed by atoms with Gasteiger partial charge in [-0.25, -0.2) is 5.43 Å². The number of hydrogen-bond donors (Lipinski definition) is 2. The van der Waals surface area contributed by atoms with Crippen LogP contribution in [0.1, 0.15) is 27.0 Å². The SMILES string of the molecule is N#Cc1ccccc1COc1ccc(C=NNC(=O)c2cc3ccccc3cc2O)cc1I. The summed E-state index contributed by atoms with van der Waals surface area (Å²) < 4.78 is 6.73. The highest BCUT2D eigenvalue weighted by molar-refractivity contribution is 14.1. The number of benzene rings is 4. The average Bonchev–Trinajstić information content (AvgIpc) is 2.83. The molecule has 0 bridgehead atoms. The van der Waals surface area contributed by atoms with Gasteiger partial charge in [-0.3, -0.25) is 4.79 Å². The quantitative estimate of drug-likeness (QED) is 0.193. The smallest absolute Gasteiger partial charge is 0.275 e. The molecule has 0 aromatic heterocycles. The van der Waals surface area contributed by atoms with Crippen LogP contribution in [-0.2, 0) is 6.61 Å². The summed E-state index contributed by atoms with van der Waals surface area (Å²) in [6.07, 6.45) is 1.52. The van der Waals surface area contributed by atoms with Gasteiger partial charge in [-0.1, -0.05) is 42.5 Å². The fourth-order valence-electron chi connectivity index (χ4n) is 3.26. The average molecular weight is 547 g/mol. The number of phenols is 1. The van der Waals surface area contributed by atoms with Gasteiger partial charge in [0.25, 0.3) is 5.91 Å². The van der Waals surface area contributed by atoms with Gasteiger partial charge in [-0.05, 0) is 75.3 Å². The number of nitrogens with one attached hydrogen (secondary N) is 1. The van der Waals surface area contributed by atoms with Crippen LogP contribution in [0.15, 0.2) is 84.0 Å². The molecule has 2 N–H and O–H groups in total. The summed E-state index contributed by atoms with van der Waals surface area (Å²) in [7, 11) is 0. The lowest BCUT2D eigenvalue weighted by molar-refractivity contribution is 0.0952. The van der Waals surface area contributed by atoms with E-state index in [1.807, 2.05) is 60.7 Å². The minimum absolute atomic E-state index is 0.101. The molecular formula is C26H18IN3O3. The second kappa shape index (κ2) is 10.1. The maximum Gasteiger partial charge on any atom is 0.275 e. The number of nitriles is 1. The van der Waals surface area contributed by atoms with Gasteiger partial charge >= 0.3 is 0 Å². The number of fused-ring (bicyclic) bond motifs is 1. The Kier molecular flexibility index (Phi) is 6.86. The Balaban J connectivity index is 1.41. The van der Waals surface area contributed by atoms with E-state index >= 15 is 0 Å². The van der Waals surface area contributed by atoms with Gasteiger partial charge < -0.3 is 9.84 Å². The molecule has 0 aliphatic rings. The van der Waals surface area contributed by atoms with Gasteiger partial charge in [0, 0.05) is 5.56 Å². The first-order valence-electron chi connectivity index (χ1n) is 10.0. The number of nitrogens with zero attached hydrogens (tertiary/aromatic N) is 2. The molecule has 4 aromatic carbocycles. The van der Waals surface area contributed by atoms with Gasteiger partial charge in [-0.15, -0.1) is 0 Å². The molecule has 7 heteroatoms. The number of hydrazone groups is 1. The van der Waals surface area contributed by atoms with E-state index in [4.69, 9.17) is 4.74 Å². The Morgan fingerprint density at radius 3 is 2.55 bits per heavy atom. The molecular weight excluding hydrogens is 529 g/mol. The third-order valence-corrected chi connectivity index (χ3v) is 5.81. The van der Waals surface area contributed by atoms with Crippen molar-refractivity contribution in [3.63, 3.8) is 0 Å². The van der Waals surface area contributed by atoms with Crippen molar-refractivity contribution in [2.24, 2.45) is 5.10 Å². The number of halogens is 1. The Morgan fingerprint density at radius 1 is 1.06 bits per heavy atom. The van der Waals surface area contributed by atoms with Crippen LogP contribution >= 0.6 is 22.6 Å². The van der Waals surface area contributed by atoms with Gasteiger partial charge in [-0.2, -0.15) is 10.4 Å². The standard InChI is InChI=1S/C26H18IN3O3/c27-23-11-17(9-10-25(23)33-16-21-8-4-3-7-20(21)14-28)15-29-30-26(32)22-12-18-5-1-2-6-19(18)13-24(22)31/h1-13,15,31H,16H2,(H,30,32). The molecule has 33 heavy (non-hydrogen) atoms. The van der Waals surface area contributed by atoms with Crippen LogP contribution < -0.4 is 10.2 Å². The fraction of sp³-hybridized carbons (Fsp3) is 0.0385. The molecule has 0 aliphatic heterocycles. The summed E-state index contributed by atoms with van der Waals surface area (Å²) in [5.74, 6) is 0.0846. The molecule has 0 unspecified atom stereocenters. The number of phenolic OH excluding ortho intramolecular Hbond substituents is 1. The molecule has 162 valence electrons. The van der Waals surface area contributed by atoms with Crippen LogP contribution in [0.5, 0.6) is 11.5 Å². The number of carbonyl (C=O) groups excluding carboxylic acids is 1. The van der Waals surface area contributed by atoms with Gasteiger partial charge in [0.05, 0.1) is 27.0 Å². The van der Waals surface area contributed by atoms with Gasteiger partial charge in [0.2, 0.25) is 0 Å². The molecule has 4 aromatic rings. The first-order chi connectivity index (χ1) is 16.0. The minimum atomic E-state index is -0.500. The number of carbonyl (C=O) groups is 1. The molecule has 0 heterocycles. The summed E-state index contributed by atoms with van der Waals surface area (Å²) in [6, 6.07) is 25.7. The Morgan fingerprint density at radius 2 is 1.79 bits per heavy atom. The Bertz CT molecular complexity index is 1410. The van der Waals surface area contributed by atoms with Crippen LogP contribution in [0.4, 0.5) is 0 Å². The lowest BCUT2D eigenvalue weighted by Gasteiger charge is -2.10. The van der Waals surface area contributed by atoms with Crippen molar-refractivity contribution in [2.45, 2.75) is 6.61 Å². The Labute approximate surface area is 204 Å². The van der Waals surface area contributed by atoms with E-state index in [9.17, 15) is 15.2 Å². The van der Waals surface area contributed by atoms with Crippen molar-refractivity contribution < 1.29 is 14.6 Å². The zero-order valence-corrected chi connectivity index (χ0v) is 19.5. The normalized spacial score (nSPS) is 10.8. The lowest BCUT2D eigenvalue weighted by atomic mass is 10.1. The van der Waals surface area contributed by atoms with Crippen LogP contribution in [-0.4, -0.2) is 17.2 Å². The third-order valence-electron chi connectivity index (χ3n) is 4.97. The first kappa shape index (κ1) is 22.3. The van der Waals surface area contributed by atoms with Crippen LogP contribution in [0, 0.1) is 14.9 Å². The summed E-state index contributed by atoms with van der Waals surface area (Å²) in [6.45, 7) is 0.290. The molecule has 6 nitrogen and oxygen atoms in total. The number of amides is 1. The van der Waals surface area contributed by atoms with Crippen molar-refractivity contribution in [1.82, 2.24) is 5.43 Å². The molecule has 0 saturated heterocycles. The Hall–Kier alpha value is -3.90. The van der Waals surface area contributed by atoms with Crippen molar-refractivity contribution in [3.8, 4) is 17.6 Å². The van der Waals surface area contributed by atoms with E-state index in [2.05, 4.69) is 39.2 Å². The molecule has 0 atom stereocenters. The highest BCUT2D eigenvalue weighted by Gasteiger charge is 2.12. The number of hydrogen-bond acceptors (Lipinski definition) is 5. The number of rotatable bonds is 6. The van der Waals surface area contributed by atoms with Gasteiger partial charge in [0.15, 0.2) is 0 Å². The van der Waals surface area contributed by atoms with E-state index in [0.29, 0.717) is 17.9 Å². The van der Waals surface area contributed by atoms with Crippen LogP contribution in [0.25, 0.3) is 10.8 Å².